The van der Waals surface area contributed by atoms with Gasteiger partial charge in [-0.15, -0.1) is 12.4 Å². The van der Waals surface area contributed by atoms with Crippen molar-refractivity contribution in [2.45, 2.75) is 39.5 Å². The summed E-state index contributed by atoms with van der Waals surface area (Å²) in [6, 6.07) is 4.31. The minimum absolute atomic E-state index is 0. The first-order chi connectivity index (χ1) is 9.29. The van der Waals surface area contributed by atoms with Crippen molar-refractivity contribution < 1.29 is 0 Å². The number of halogens is 1. The molecule has 1 aliphatic rings. The molecule has 1 fully saturated rings. The van der Waals surface area contributed by atoms with Gasteiger partial charge in [-0.25, -0.2) is 4.98 Å². The molecule has 1 saturated heterocycles. The van der Waals surface area contributed by atoms with Gasteiger partial charge in [-0.2, -0.15) is 0 Å². The summed E-state index contributed by atoms with van der Waals surface area (Å²) >= 11 is 0. The summed E-state index contributed by atoms with van der Waals surface area (Å²) in [5.41, 5.74) is 1.23. The molecule has 2 rings (SSSR count). The number of piperidine rings is 1. The first-order valence-electron chi connectivity index (χ1n) is 7.69. The van der Waals surface area contributed by atoms with Crippen molar-refractivity contribution >= 4 is 18.2 Å². The minimum atomic E-state index is 0. The number of hydrogen-bond acceptors (Lipinski definition) is 3. The quantitative estimate of drug-likeness (QED) is 0.801. The Bertz CT molecular complexity index is 360. The van der Waals surface area contributed by atoms with Crippen molar-refractivity contribution in [2.75, 3.05) is 37.6 Å². The van der Waals surface area contributed by atoms with E-state index in [1.54, 1.807) is 0 Å². The van der Waals surface area contributed by atoms with Gasteiger partial charge in [-0.05, 0) is 50.9 Å². The fourth-order valence-corrected chi connectivity index (χ4v) is 2.70. The summed E-state index contributed by atoms with van der Waals surface area (Å²) in [5, 5.41) is 0. The van der Waals surface area contributed by atoms with Gasteiger partial charge < -0.3 is 9.80 Å². The highest BCUT2D eigenvalue weighted by molar-refractivity contribution is 5.85. The van der Waals surface area contributed by atoms with E-state index in [9.17, 15) is 0 Å². The number of hydrogen-bond donors (Lipinski definition) is 0. The molecule has 2 heterocycles. The zero-order valence-electron chi connectivity index (χ0n) is 12.8. The third-order valence-corrected chi connectivity index (χ3v) is 3.85. The summed E-state index contributed by atoms with van der Waals surface area (Å²) in [5.74, 6) is 1.13. The van der Waals surface area contributed by atoms with Crippen molar-refractivity contribution in [1.29, 1.82) is 0 Å². The van der Waals surface area contributed by atoms with Crippen LogP contribution in [0, 0.1) is 6.92 Å². The summed E-state index contributed by atoms with van der Waals surface area (Å²) in [7, 11) is 0. The van der Waals surface area contributed by atoms with E-state index in [1.807, 2.05) is 6.20 Å². The molecule has 20 heavy (non-hydrogen) atoms. The van der Waals surface area contributed by atoms with Gasteiger partial charge in [0.05, 0.1) is 0 Å². The zero-order chi connectivity index (χ0) is 13.5. The predicted molar refractivity (Wildman–Crippen MR) is 89.0 cm³/mol. The van der Waals surface area contributed by atoms with Crippen LogP contribution >= 0.6 is 12.4 Å². The molecule has 4 heteroatoms. The number of pyridine rings is 1. The van der Waals surface area contributed by atoms with Gasteiger partial charge in [0.25, 0.3) is 0 Å². The zero-order valence-corrected chi connectivity index (χ0v) is 13.7. The highest BCUT2D eigenvalue weighted by Crippen LogP contribution is 2.13. The van der Waals surface area contributed by atoms with Crippen LogP contribution < -0.4 is 4.90 Å². The number of anilines is 1. The summed E-state index contributed by atoms with van der Waals surface area (Å²) in [6.07, 6.45) is 7.30. The third kappa shape index (κ3) is 5.29. The Morgan fingerprint density at radius 3 is 2.50 bits per heavy atom. The van der Waals surface area contributed by atoms with E-state index < -0.39 is 0 Å². The summed E-state index contributed by atoms with van der Waals surface area (Å²) < 4.78 is 0. The fourth-order valence-electron chi connectivity index (χ4n) is 2.70. The van der Waals surface area contributed by atoms with E-state index in [1.165, 1.54) is 50.9 Å². The monoisotopic (exact) mass is 297 g/mol. The van der Waals surface area contributed by atoms with E-state index in [-0.39, 0.29) is 12.4 Å². The van der Waals surface area contributed by atoms with Gasteiger partial charge in [0, 0.05) is 25.8 Å². The predicted octanol–water partition coefficient (Wildman–Crippen LogP) is 3.51. The lowest BCUT2D eigenvalue weighted by molar-refractivity contribution is 0.233. The molecule has 0 radical (unpaired) electrons. The molecule has 1 aromatic heterocycles. The molecule has 1 aromatic rings. The van der Waals surface area contributed by atoms with Gasteiger partial charge in [0.1, 0.15) is 5.82 Å². The standard InChI is InChI=1S/C16H27N3.ClH/c1-3-9-19(16-8-7-15(2)14-17-16)13-12-18-10-5-4-6-11-18;/h7-8,14H,3-6,9-13H2,1-2H3;1H. The summed E-state index contributed by atoms with van der Waals surface area (Å²) in [4.78, 5) is 9.59. The molecule has 0 amide bonds. The van der Waals surface area contributed by atoms with Gasteiger partial charge in [-0.1, -0.05) is 19.4 Å². The molecule has 0 atom stereocenters. The highest BCUT2D eigenvalue weighted by atomic mass is 35.5. The van der Waals surface area contributed by atoms with Gasteiger partial charge in [0.15, 0.2) is 0 Å². The van der Waals surface area contributed by atoms with E-state index in [2.05, 4.69) is 40.8 Å². The molecule has 0 saturated carbocycles. The van der Waals surface area contributed by atoms with Crippen LogP contribution in [0.15, 0.2) is 18.3 Å². The molecule has 0 bridgehead atoms. The van der Waals surface area contributed by atoms with Crippen molar-refractivity contribution in [1.82, 2.24) is 9.88 Å². The average molecular weight is 298 g/mol. The van der Waals surface area contributed by atoms with Gasteiger partial charge in [0.2, 0.25) is 0 Å². The van der Waals surface area contributed by atoms with Crippen molar-refractivity contribution in [3.63, 3.8) is 0 Å². The van der Waals surface area contributed by atoms with Crippen LogP contribution in [-0.2, 0) is 0 Å². The second-order valence-electron chi connectivity index (χ2n) is 5.58. The van der Waals surface area contributed by atoms with Crippen molar-refractivity contribution in [3.8, 4) is 0 Å². The van der Waals surface area contributed by atoms with Crippen molar-refractivity contribution in [3.05, 3.63) is 23.9 Å². The van der Waals surface area contributed by atoms with E-state index >= 15 is 0 Å². The smallest absolute Gasteiger partial charge is 0.128 e. The van der Waals surface area contributed by atoms with Crippen LogP contribution in [0.1, 0.15) is 38.2 Å². The maximum Gasteiger partial charge on any atom is 0.128 e. The molecular formula is C16H28ClN3. The molecule has 0 spiro atoms. The molecule has 0 aromatic carbocycles. The lowest BCUT2D eigenvalue weighted by atomic mass is 10.1. The van der Waals surface area contributed by atoms with Crippen LogP contribution in [0.4, 0.5) is 5.82 Å². The molecule has 3 nitrogen and oxygen atoms in total. The Morgan fingerprint density at radius 2 is 1.90 bits per heavy atom. The minimum Gasteiger partial charge on any atom is -0.355 e. The van der Waals surface area contributed by atoms with E-state index in [4.69, 9.17) is 0 Å². The average Bonchev–Trinajstić information content (AvgIpc) is 2.46. The van der Waals surface area contributed by atoms with Crippen LogP contribution in [0.2, 0.25) is 0 Å². The highest BCUT2D eigenvalue weighted by Gasteiger charge is 2.12. The Labute approximate surface area is 129 Å². The topological polar surface area (TPSA) is 19.4 Å². The Morgan fingerprint density at radius 1 is 1.15 bits per heavy atom. The summed E-state index contributed by atoms with van der Waals surface area (Å²) in [6.45, 7) is 10.3. The Kier molecular flexibility index (Phi) is 7.93. The van der Waals surface area contributed by atoms with Gasteiger partial charge >= 0.3 is 0 Å². The first-order valence-corrected chi connectivity index (χ1v) is 7.69. The second kappa shape index (κ2) is 9.19. The largest absolute Gasteiger partial charge is 0.355 e. The lowest BCUT2D eigenvalue weighted by Gasteiger charge is -2.30. The number of aromatic nitrogens is 1. The maximum atomic E-state index is 4.57. The van der Waals surface area contributed by atoms with Crippen molar-refractivity contribution in [2.24, 2.45) is 0 Å². The molecule has 0 N–H and O–H groups in total. The number of likely N-dealkylation sites (tertiary alicyclic amines) is 1. The van der Waals surface area contributed by atoms with E-state index in [0.29, 0.717) is 0 Å². The molecule has 0 aliphatic carbocycles. The fraction of sp³-hybridized carbons (Fsp3) is 0.688. The Hall–Kier alpha value is -0.800. The molecule has 1 aliphatic heterocycles. The van der Waals surface area contributed by atoms with Crippen LogP contribution in [0.25, 0.3) is 0 Å². The van der Waals surface area contributed by atoms with E-state index in [0.717, 1.165) is 18.9 Å². The maximum absolute atomic E-state index is 4.57. The number of nitrogens with zero attached hydrogens (tertiary/aromatic N) is 3. The SMILES string of the molecule is CCCN(CCN1CCCCC1)c1ccc(C)cn1.Cl. The van der Waals surface area contributed by atoms with Crippen LogP contribution in [0.3, 0.4) is 0 Å². The van der Waals surface area contributed by atoms with Crippen LogP contribution in [-0.4, -0.2) is 42.6 Å². The normalized spacial score (nSPS) is 15.7. The molecular weight excluding hydrogens is 270 g/mol. The van der Waals surface area contributed by atoms with Gasteiger partial charge in [-0.3, -0.25) is 0 Å². The Balaban J connectivity index is 0.00000200. The lowest BCUT2D eigenvalue weighted by Crippen LogP contribution is -2.38. The van der Waals surface area contributed by atoms with Crippen LogP contribution in [0.5, 0.6) is 0 Å². The molecule has 114 valence electrons. The number of rotatable bonds is 6. The second-order valence-corrected chi connectivity index (χ2v) is 5.58. The third-order valence-electron chi connectivity index (χ3n) is 3.85. The molecule has 0 unspecified atom stereocenters. The number of aryl methyl sites for hydroxylation is 1. The first kappa shape index (κ1) is 17.3.